The van der Waals surface area contributed by atoms with Crippen molar-refractivity contribution in [2.45, 2.75) is 0 Å². The van der Waals surface area contributed by atoms with Crippen molar-refractivity contribution in [1.82, 2.24) is 9.88 Å². The van der Waals surface area contributed by atoms with Gasteiger partial charge in [-0.3, -0.25) is 4.79 Å². The number of hydrogen-bond donors (Lipinski definition) is 0. The van der Waals surface area contributed by atoms with Gasteiger partial charge in [0.25, 0.3) is 5.91 Å². The highest BCUT2D eigenvalue weighted by atomic mass is 16.5. The molecule has 2 aromatic rings. The summed E-state index contributed by atoms with van der Waals surface area (Å²) >= 11 is 0. The zero-order chi connectivity index (χ0) is 14.5. The number of carbonyl (C=O) groups excluding carboxylic acids is 1. The van der Waals surface area contributed by atoms with Gasteiger partial charge in [-0.15, -0.1) is 0 Å². The van der Waals surface area contributed by atoms with Crippen LogP contribution in [-0.2, 0) is 4.74 Å². The molecule has 5 nitrogen and oxygen atoms in total. The highest BCUT2D eigenvalue weighted by Gasteiger charge is 2.18. The molecule has 1 amide bonds. The molecule has 2 heterocycles. The molecule has 1 aliphatic rings. The van der Waals surface area contributed by atoms with Crippen molar-refractivity contribution in [2.75, 3.05) is 26.3 Å². The molecule has 0 bridgehead atoms. The predicted molar refractivity (Wildman–Crippen MR) is 77.5 cm³/mol. The van der Waals surface area contributed by atoms with Gasteiger partial charge in [-0.2, -0.15) is 0 Å². The number of aromatic nitrogens is 1. The third-order valence-electron chi connectivity index (χ3n) is 3.25. The Morgan fingerprint density at radius 3 is 2.52 bits per heavy atom. The fourth-order valence-corrected chi connectivity index (χ4v) is 2.13. The quantitative estimate of drug-likeness (QED) is 0.868. The van der Waals surface area contributed by atoms with Gasteiger partial charge in [0.1, 0.15) is 5.75 Å². The molecule has 0 spiro atoms. The maximum Gasteiger partial charge on any atom is 0.255 e. The van der Waals surface area contributed by atoms with E-state index in [-0.39, 0.29) is 5.91 Å². The summed E-state index contributed by atoms with van der Waals surface area (Å²) in [4.78, 5) is 18.2. The molecule has 0 radical (unpaired) electrons. The van der Waals surface area contributed by atoms with Crippen LogP contribution in [0.15, 0.2) is 48.7 Å². The molecule has 21 heavy (non-hydrogen) atoms. The van der Waals surface area contributed by atoms with E-state index in [2.05, 4.69) is 4.98 Å². The maximum atomic E-state index is 12.3. The van der Waals surface area contributed by atoms with Crippen molar-refractivity contribution in [2.24, 2.45) is 0 Å². The molecule has 5 heteroatoms. The van der Waals surface area contributed by atoms with E-state index in [0.29, 0.717) is 37.7 Å². The van der Waals surface area contributed by atoms with Gasteiger partial charge in [0.2, 0.25) is 5.88 Å². The van der Waals surface area contributed by atoms with Crippen LogP contribution in [0, 0.1) is 0 Å². The van der Waals surface area contributed by atoms with Crippen molar-refractivity contribution in [3.05, 3.63) is 54.2 Å². The van der Waals surface area contributed by atoms with Crippen LogP contribution in [-0.4, -0.2) is 42.1 Å². The number of para-hydroxylation sites is 1. The molecule has 1 fully saturated rings. The first kappa shape index (κ1) is 13.6. The Kier molecular flexibility index (Phi) is 4.12. The minimum Gasteiger partial charge on any atom is -0.439 e. The number of benzene rings is 1. The Morgan fingerprint density at radius 2 is 1.86 bits per heavy atom. The van der Waals surface area contributed by atoms with E-state index in [4.69, 9.17) is 9.47 Å². The van der Waals surface area contributed by atoms with Crippen LogP contribution in [0.1, 0.15) is 10.4 Å². The van der Waals surface area contributed by atoms with Gasteiger partial charge >= 0.3 is 0 Å². The SMILES string of the molecule is O=C(c1ccc(Oc2ccccc2)nc1)N1CCOCC1. The Balaban J connectivity index is 1.67. The van der Waals surface area contributed by atoms with Crippen LogP contribution >= 0.6 is 0 Å². The molecule has 0 saturated carbocycles. The zero-order valence-electron chi connectivity index (χ0n) is 11.6. The van der Waals surface area contributed by atoms with E-state index in [0.717, 1.165) is 5.75 Å². The molecular weight excluding hydrogens is 268 g/mol. The Bertz CT molecular complexity index is 593. The van der Waals surface area contributed by atoms with Crippen LogP contribution in [0.5, 0.6) is 11.6 Å². The van der Waals surface area contributed by atoms with Crippen molar-refractivity contribution >= 4 is 5.91 Å². The molecular formula is C16H16N2O3. The van der Waals surface area contributed by atoms with Crippen molar-refractivity contribution in [3.63, 3.8) is 0 Å². The maximum absolute atomic E-state index is 12.3. The second kappa shape index (κ2) is 6.37. The number of rotatable bonds is 3. The molecule has 1 aromatic heterocycles. The minimum atomic E-state index is -0.0166. The minimum absolute atomic E-state index is 0.0166. The highest BCUT2D eigenvalue weighted by Crippen LogP contribution is 2.19. The van der Waals surface area contributed by atoms with Gasteiger partial charge in [0.15, 0.2) is 0 Å². The number of nitrogens with zero attached hydrogens (tertiary/aromatic N) is 2. The van der Waals surface area contributed by atoms with E-state index in [1.807, 2.05) is 30.3 Å². The normalized spacial score (nSPS) is 14.8. The fraction of sp³-hybridized carbons (Fsp3) is 0.250. The average molecular weight is 284 g/mol. The van der Waals surface area contributed by atoms with Crippen LogP contribution in [0.25, 0.3) is 0 Å². The average Bonchev–Trinajstić information content (AvgIpc) is 2.57. The van der Waals surface area contributed by atoms with E-state index < -0.39 is 0 Å². The second-order valence-electron chi connectivity index (χ2n) is 4.70. The van der Waals surface area contributed by atoms with Crippen LogP contribution in [0.4, 0.5) is 0 Å². The summed E-state index contributed by atoms with van der Waals surface area (Å²) in [7, 11) is 0. The number of amides is 1. The number of carbonyl (C=O) groups is 1. The predicted octanol–water partition coefficient (Wildman–Crippen LogP) is 2.35. The lowest BCUT2D eigenvalue weighted by molar-refractivity contribution is 0.0302. The summed E-state index contributed by atoms with van der Waals surface area (Å²) in [6.45, 7) is 2.44. The molecule has 108 valence electrons. The summed E-state index contributed by atoms with van der Waals surface area (Å²) in [5.74, 6) is 1.18. The lowest BCUT2D eigenvalue weighted by Crippen LogP contribution is -2.40. The van der Waals surface area contributed by atoms with Gasteiger partial charge in [0.05, 0.1) is 18.8 Å². The summed E-state index contributed by atoms with van der Waals surface area (Å²) in [5.41, 5.74) is 0.567. The third-order valence-corrected chi connectivity index (χ3v) is 3.25. The zero-order valence-corrected chi connectivity index (χ0v) is 11.6. The van der Waals surface area contributed by atoms with Crippen LogP contribution in [0.2, 0.25) is 0 Å². The van der Waals surface area contributed by atoms with Gasteiger partial charge in [-0.1, -0.05) is 18.2 Å². The summed E-state index contributed by atoms with van der Waals surface area (Å²) in [6.07, 6.45) is 1.55. The van der Waals surface area contributed by atoms with Crippen LogP contribution in [0.3, 0.4) is 0 Å². The van der Waals surface area contributed by atoms with Crippen molar-refractivity contribution < 1.29 is 14.3 Å². The first-order valence-electron chi connectivity index (χ1n) is 6.89. The number of hydrogen-bond acceptors (Lipinski definition) is 4. The highest BCUT2D eigenvalue weighted by molar-refractivity contribution is 5.94. The van der Waals surface area contributed by atoms with E-state index >= 15 is 0 Å². The second-order valence-corrected chi connectivity index (χ2v) is 4.70. The lowest BCUT2D eigenvalue weighted by atomic mass is 10.2. The Morgan fingerprint density at radius 1 is 1.10 bits per heavy atom. The molecule has 1 aromatic carbocycles. The van der Waals surface area contributed by atoms with Gasteiger partial charge in [-0.25, -0.2) is 4.98 Å². The first-order valence-corrected chi connectivity index (χ1v) is 6.89. The molecule has 1 aliphatic heterocycles. The first-order chi connectivity index (χ1) is 10.3. The molecule has 0 aliphatic carbocycles. The van der Waals surface area contributed by atoms with Gasteiger partial charge in [0, 0.05) is 25.4 Å². The largest absolute Gasteiger partial charge is 0.439 e. The van der Waals surface area contributed by atoms with Crippen LogP contribution < -0.4 is 4.74 Å². The molecule has 1 saturated heterocycles. The van der Waals surface area contributed by atoms with Crippen molar-refractivity contribution in [3.8, 4) is 11.6 Å². The molecule has 0 unspecified atom stereocenters. The Labute approximate surface area is 123 Å². The van der Waals surface area contributed by atoms with Crippen molar-refractivity contribution in [1.29, 1.82) is 0 Å². The molecule has 0 atom stereocenters. The summed E-state index contributed by atoms with van der Waals surface area (Å²) in [6, 6.07) is 12.9. The smallest absolute Gasteiger partial charge is 0.255 e. The van der Waals surface area contributed by atoms with E-state index in [1.54, 1.807) is 23.2 Å². The Hall–Kier alpha value is -2.40. The van der Waals surface area contributed by atoms with E-state index in [9.17, 15) is 4.79 Å². The molecule has 3 rings (SSSR count). The fourth-order valence-electron chi connectivity index (χ4n) is 2.13. The summed E-state index contributed by atoms with van der Waals surface area (Å²) in [5, 5.41) is 0. The van der Waals surface area contributed by atoms with Gasteiger partial charge in [-0.05, 0) is 18.2 Å². The number of ether oxygens (including phenoxy) is 2. The third kappa shape index (κ3) is 3.38. The lowest BCUT2D eigenvalue weighted by Gasteiger charge is -2.26. The topological polar surface area (TPSA) is 51.7 Å². The summed E-state index contributed by atoms with van der Waals surface area (Å²) < 4.78 is 10.8. The standard InChI is InChI=1S/C16H16N2O3/c19-16(18-8-10-20-11-9-18)13-6-7-15(17-12-13)21-14-4-2-1-3-5-14/h1-7,12H,8-11H2. The van der Waals surface area contributed by atoms with E-state index in [1.165, 1.54) is 0 Å². The number of morpholine rings is 1. The monoisotopic (exact) mass is 284 g/mol. The number of pyridine rings is 1. The molecule has 0 N–H and O–H groups in total. The van der Waals surface area contributed by atoms with Gasteiger partial charge < -0.3 is 14.4 Å².